The van der Waals surface area contributed by atoms with Crippen LogP contribution in [-0.4, -0.2) is 34.4 Å². The van der Waals surface area contributed by atoms with Crippen molar-refractivity contribution in [1.82, 2.24) is 9.88 Å². The zero-order chi connectivity index (χ0) is 13.8. The number of ether oxygens (including phenoxy) is 1. The molecule has 1 aromatic rings. The molecule has 104 valence electrons. The van der Waals surface area contributed by atoms with Crippen LogP contribution in [0.5, 0.6) is 5.75 Å². The summed E-state index contributed by atoms with van der Waals surface area (Å²) in [6, 6.07) is 0. The molecule has 1 saturated heterocycles. The molecule has 0 unspecified atom stereocenters. The molecule has 1 aromatic heterocycles. The van der Waals surface area contributed by atoms with E-state index in [2.05, 4.69) is 16.8 Å². The van der Waals surface area contributed by atoms with Gasteiger partial charge < -0.3 is 9.64 Å². The molecule has 0 radical (unpaired) electrons. The van der Waals surface area contributed by atoms with Gasteiger partial charge in [0.15, 0.2) is 0 Å². The van der Waals surface area contributed by atoms with Crippen molar-refractivity contribution in [3.8, 4) is 5.75 Å². The first-order valence-electron chi connectivity index (χ1n) is 6.54. The van der Waals surface area contributed by atoms with Gasteiger partial charge in [0.05, 0.1) is 12.8 Å². The second-order valence-electron chi connectivity index (χ2n) is 4.79. The van der Waals surface area contributed by atoms with Crippen molar-refractivity contribution in [1.29, 1.82) is 0 Å². The normalized spacial score (nSPS) is 14.8. The predicted octanol–water partition coefficient (Wildman–Crippen LogP) is 3.32. The average molecular weight is 296 g/mol. The minimum Gasteiger partial charge on any atom is -0.496 e. The average Bonchev–Trinajstić information content (AvgIpc) is 2.92. The number of hydrogen-bond donors (Lipinski definition) is 0. The van der Waals surface area contributed by atoms with Crippen LogP contribution in [0.25, 0.3) is 0 Å². The topological polar surface area (TPSA) is 25.4 Å². The molecule has 0 amide bonds. The summed E-state index contributed by atoms with van der Waals surface area (Å²) in [4.78, 5) is 6.80. The number of nitrogens with zero attached hydrogens (tertiary/aromatic N) is 2. The molecule has 0 spiro atoms. The van der Waals surface area contributed by atoms with Gasteiger partial charge >= 0.3 is 0 Å². The van der Waals surface area contributed by atoms with Gasteiger partial charge in [-0.05, 0) is 26.7 Å². The standard InChI is InChI=1S/C14H20N2OS2/c1-10-8-15-12(11(2)13(10)17-3)9-19-14(18)16-6-4-5-7-16/h8H,4-7,9H2,1-3H3. The molecule has 0 bridgehead atoms. The van der Waals surface area contributed by atoms with Gasteiger partial charge in [0.1, 0.15) is 10.1 Å². The summed E-state index contributed by atoms with van der Waals surface area (Å²) in [5, 5.41) is 0. The fourth-order valence-corrected chi connectivity index (χ4v) is 3.61. The fraction of sp³-hybridized carbons (Fsp3) is 0.571. The first-order valence-corrected chi connectivity index (χ1v) is 7.93. The van der Waals surface area contributed by atoms with E-state index in [9.17, 15) is 0 Å². The van der Waals surface area contributed by atoms with Gasteiger partial charge in [-0.3, -0.25) is 4.98 Å². The first kappa shape index (κ1) is 14.6. The van der Waals surface area contributed by atoms with Gasteiger partial charge in [0.25, 0.3) is 0 Å². The molecule has 0 aliphatic carbocycles. The number of hydrogen-bond acceptors (Lipinski definition) is 4. The molecular weight excluding hydrogens is 276 g/mol. The quantitative estimate of drug-likeness (QED) is 0.797. The van der Waals surface area contributed by atoms with Gasteiger partial charge in [-0.15, -0.1) is 0 Å². The van der Waals surface area contributed by atoms with Crippen LogP contribution in [0.4, 0.5) is 0 Å². The highest BCUT2D eigenvalue weighted by Crippen LogP contribution is 2.27. The fourth-order valence-electron chi connectivity index (χ4n) is 2.34. The highest BCUT2D eigenvalue weighted by atomic mass is 32.2. The first-order chi connectivity index (χ1) is 9.13. The molecule has 1 aliphatic heterocycles. The lowest BCUT2D eigenvalue weighted by Gasteiger charge is -2.18. The Kier molecular flexibility index (Phi) is 5.05. The summed E-state index contributed by atoms with van der Waals surface area (Å²) in [5.74, 6) is 1.76. The maximum Gasteiger partial charge on any atom is 0.136 e. The third kappa shape index (κ3) is 3.39. The molecule has 1 aliphatic rings. The molecule has 0 aromatic carbocycles. The third-order valence-electron chi connectivity index (χ3n) is 3.45. The largest absolute Gasteiger partial charge is 0.496 e. The SMILES string of the molecule is COc1c(C)cnc(CSC(=S)N2CCCC2)c1C. The number of pyridine rings is 1. The molecule has 0 saturated carbocycles. The van der Waals surface area contributed by atoms with E-state index in [0.717, 1.165) is 45.7 Å². The van der Waals surface area contributed by atoms with Crippen molar-refractivity contribution in [2.45, 2.75) is 32.4 Å². The Morgan fingerprint density at radius 3 is 2.74 bits per heavy atom. The lowest BCUT2D eigenvalue weighted by Crippen LogP contribution is -2.23. The maximum atomic E-state index is 5.47. The van der Waals surface area contributed by atoms with Gasteiger partial charge in [-0.25, -0.2) is 0 Å². The number of methoxy groups -OCH3 is 1. The van der Waals surface area contributed by atoms with Crippen LogP contribution in [0, 0.1) is 13.8 Å². The number of rotatable bonds is 3. The molecule has 3 nitrogen and oxygen atoms in total. The number of aromatic nitrogens is 1. The lowest BCUT2D eigenvalue weighted by atomic mass is 10.1. The lowest BCUT2D eigenvalue weighted by molar-refractivity contribution is 0.407. The zero-order valence-electron chi connectivity index (χ0n) is 11.7. The Hall–Kier alpha value is -0.810. The van der Waals surface area contributed by atoms with Crippen molar-refractivity contribution in [3.05, 3.63) is 23.0 Å². The highest BCUT2D eigenvalue weighted by Gasteiger charge is 2.16. The summed E-state index contributed by atoms with van der Waals surface area (Å²) in [7, 11) is 1.71. The van der Waals surface area contributed by atoms with Crippen LogP contribution < -0.4 is 4.74 Å². The van der Waals surface area contributed by atoms with Gasteiger partial charge in [0.2, 0.25) is 0 Å². The van der Waals surface area contributed by atoms with Crippen LogP contribution in [0.3, 0.4) is 0 Å². The van der Waals surface area contributed by atoms with Crippen LogP contribution in [0.15, 0.2) is 6.20 Å². The number of thiocarbonyl (C=S) groups is 1. The Bertz CT molecular complexity index is 471. The van der Waals surface area contributed by atoms with E-state index < -0.39 is 0 Å². The molecule has 19 heavy (non-hydrogen) atoms. The van der Waals surface area contributed by atoms with Crippen LogP contribution in [0.2, 0.25) is 0 Å². The van der Waals surface area contributed by atoms with Crippen molar-refractivity contribution < 1.29 is 4.74 Å². The summed E-state index contributed by atoms with van der Waals surface area (Å²) in [6.45, 7) is 6.29. The third-order valence-corrected chi connectivity index (χ3v) is 4.98. The van der Waals surface area contributed by atoms with Crippen molar-refractivity contribution in [2.75, 3.05) is 20.2 Å². The second-order valence-corrected chi connectivity index (χ2v) is 6.40. The molecule has 0 atom stereocenters. The summed E-state index contributed by atoms with van der Waals surface area (Å²) >= 11 is 7.18. The Morgan fingerprint density at radius 1 is 1.42 bits per heavy atom. The molecule has 2 rings (SSSR count). The van der Waals surface area contributed by atoms with Crippen LogP contribution >= 0.6 is 24.0 Å². The van der Waals surface area contributed by atoms with Crippen LogP contribution in [0.1, 0.15) is 29.7 Å². The summed E-state index contributed by atoms with van der Waals surface area (Å²) in [5.41, 5.74) is 3.27. The van der Waals surface area contributed by atoms with E-state index in [4.69, 9.17) is 17.0 Å². The second kappa shape index (κ2) is 6.57. The Morgan fingerprint density at radius 2 is 2.11 bits per heavy atom. The Labute approximate surface area is 124 Å². The van der Waals surface area contributed by atoms with Gasteiger partial charge in [0, 0.05) is 36.2 Å². The van der Waals surface area contributed by atoms with E-state index in [1.807, 2.05) is 13.1 Å². The number of thioether (sulfide) groups is 1. The van der Waals surface area contributed by atoms with E-state index in [1.54, 1.807) is 18.9 Å². The maximum absolute atomic E-state index is 5.47. The van der Waals surface area contributed by atoms with Crippen molar-refractivity contribution in [2.24, 2.45) is 0 Å². The van der Waals surface area contributed by atoms with Crippen molar-refractivity contribution in [3.63, 3.8) is 0 Å². The van der Waals surface area contributed by atoms with E-state index >= 15 is 0 Å². The highest BCUT2D eigenvalue weighted by molar-refractivity contribution is 8.22. The molecule has 2 heterocycles. The predicted molar refractivity (Wildman–Crippen MR) is 85.0 cm³/mol. The van der Waals surface area contributed by atoms with E-state index in [-0.39, 0.29) is 0 Å². The molecule has 5 heteroatoms. The van der Waals surface area contributed by atoms with Gasteiger partial charge in [-0.1, -0.05) is 24.0 Å². The Balaban J connectivity index is 2.01. The minimum atomic E-state index is 0.817. The number of aryl methyl sites for hydroxylation is 1. The monoisotopic (exact) mass is 296 g/mol. The van der Waals surface area contributed by atoms with Crippen molar-refractivity contribution >= 4 is 28.3 Å². The number of likely N-dealkylation sites (tertiary alicyclic amines) is 1. The minimum absolute atomic E-state index is 0.817. The zero-order valence-corrected chi connectivity index (χ0v) is 13.4. The molecule has 1 fully saturated rings. The summed E-state index contributed by atoms with van der Waals surface area (Å²) in [6.07, 6.45) is 4.40. The van der Waals surface area contributed by atoms with E-state index in [0.29, 0.717) is 0 Å². The molecular formula is C14H20N2OS2. The smallest absolute Gasteiger partial charge is 0.136 e. The van der Waals surface area contributed by atoms with E-state index in [1.165, 1.54) is 12.8 Å². The summed E-state index contributed by atoms with van der Waals surface area (Å²) < 4.78 is 6.43. The van der Waals surface area contributed by atoms with Gasteiger partial charge in [-0.2, -0.15) is 0 Å². The van der Waals surface area contributed by atoms with Crippen LogP contribution in [-0.2, 0) is 5.75 Å². The molecule has 0 N–H and O–H groups in total.